The van der Waals surface area contributed by atoms with Crippen molar-refractivity contribution in [2.75, 3.05) is 0 Å². The van der Waals surface area contributed by atoms with Gasteiger partial charge >= 0.3 is 0 Å². The SMILES string of the molecule is C[C@H]1CC[C@@H]2C=CC(=O)[C@@]2(C)C1. The molecule has 12 heavy (non-hydrogen) atoms. The molecule has 2 rings (SSSR count). The number of rotatable bonds is 0. The molecule has 1 heteroatoms. The fourth-order valence-corrected chi connectivity index (χ4v) is 2.75. The van der Waals surface area contributed by atoms with Gasteiger partial charge in [0.2, 0.25) is 0 Å². The van der Waals surface area contributed by atoms with Crippen LogP contribution in [-0.2, 0) is 4.79 Å². The van der Waals surface area contributed by atoms with Gasteiger partial charge in [0.05, 0.1) is 0 Å². The Kier molecular flexibility index (Phi) is 1.64. The summed E-state index contributed by atoms with van der Waals surface area (Å²) in [5.74, 6) is 1.63. The smallest absolute Gasteiger partial charge is 0.161 e. The molecule has 0 aromatic carbocycles. The molecule has 0 saturated heterocycles. The van der Waals surface area contributed by atoms with E-state index in [-0.39, 0.29) is 5.41 Å². The predicted octanol–water partition coefficient (Wildman–Crippen LogP) is 2.57. The Bertz CT molecular complexity index is 241. The third-order valence-corrected chi connectivity index (χ3v) is 3.60. The second-order valence-corrected chi connectivity index (χ2v) is 4.63. The normalized spacial score (nSPS) is 46.3. The number of hydrogen-bond acceptors (Lipinski definition) is 1. The minimum absolute atomic E-state index is 0.0301. The average molecular weight is 164 g/mol. The molecule has 66 valence electrons. The first-order valence-corrected chi connectivity index (χ1v) is 4.85. The van der Waals surface area contributed by atoms with E-state index in [1.165, 1.54) is 12.8 Å². The Labute approximate surface area is 73.8 Å². The van der Waals surface area contributed by atoms with E-state index in [1.807, 2.05) is 0 Å². The van der Waals surface area contributed by atoms with Gasteiger partial charge in [0.1, 0.15) is 0 Å². The Balaban J connectivity index is 2.25. The summed E-state index contributed by atoms with van der Waals surface area (Å²) in [6.45, 7) is 4.39. The van der Waals surface area contributed by atoms with Gasteiger partial charge in [-0.2, -0.15) is 0 Å². The van der Waals surface area contributed by atoms with Crippen molar-refractivity contribution >= 4 is 5.78 Å². The Morgan fingerprint density at radius 1 is 1.50 bits per heavy atom. The van der Waals surface area contributed by atoms with Crippen LogP contribution in [0.5, 0.6) is 0 Å². The van der Waals surface area contributed by atoms with Crippen LogP contribution in [0.4, 0.5) is 0 Å². The molecular weight excluding hydrogens is 148 g/mol. The van der Waals surface area contributed by atoms with E-state index in [1.54, 1.807) is 6.08 Å². The van der Waals surface area contributed by atoms with Crippen LogP contribution in [0.15, 0.2) is 12.2 Å². The molecule has 0 unspecified atom stereocenters. The maximum absolute atomic E-state index is 11.6. The first-order chi connectivity index (χ1) is 5.63. The highest BCUT2D eigenvalue weighted by molar-refractivity contribution is 5.97. The van der Waals surface area contributed by atoms with Gasteiger partial charge in [0, 0.05) is 5.41 Å². The highest BCUT2D eigenvalue weighted by Crippen LogP contribution is 2.48. The third kappa shape index (κ3) is 0.954. The Morgan fingerprint density at radius 2 is 2.25 bits per heavy atom. The van der Waals surface area contributed by atoms with Crippen LogP contribution in [0.3, 0.4) is 0 Å². The van der Waals surface area contributed by atoms with Gasteiger partial charge < -0.3 is 0 Å². The van der Waals surface area contributed by atoms with E-state index in [4.69, 9.17) is 0 Å². The molecule has 2 aliphatic rings. The lowest BCUT2D eigenvalue weighted by molar-refractivity contribution is -0.125. The van der Waals surface area contributed by atoms with Crippen LogP contribution in [0.25, 0.3) is 0 Å². The highest BCUT2D eigenvalue weighted by Gasteiger charge is 2.45. The highest BCUT2D eigenvalue weighted by atomic mass is 16.1. The van der Waals surface area contributed by atoms with Gasteiger partial charge in [0.15, 0.2) is 5.78 Å². The lowest BCUT2D eigenvalue weighted by atomic mass is 9.65. The van der Waals surface area contributed by atoms with Crippen molar-refractivity contribution < 1.29 is 4.79 Å². The average Bonchev–Trinajstić information content (AvgIpc) is 2.28. The first kappa shape index (κ1) is 8.03. The van der Waals surface area contributed by atoms with Crippen LogP contribution in [0.2, 0.25) is 0 Å². The zero-order chi connectivity index (χ0) is 8.77. The van der Waals surface area contributed by atoms with E-state index in [0.29, 0.717) is 11.7 Å². The molecule has 1 nitrogen and oxygen atoms in total. The molecule has 0 aromatic rings. The van der Waals surface area contributed by atoms with Crippen molar-refractivity contribution in [3.8, 4) is 0 Å². The first-order valence-electron chi connectivity index (χ1n) is 4.85. The quantitative estimate of drug-likeness (QED) is 0.537. The van der Waals surface area contributed by atoms with Crippen LogP contribution < -0.4 is 0 Å². The van der Waals surface area contributed by atoms with E-state index in [0.717, 1.165) is 12.3 Å². The van der Waals surface area contributed by atoms with E-state index < -0.39 is 0 Å². The molecule has 0 N–H and O–H groups in total. The second-order valence-electron chi connectivity index (χ2n) is 4.63. The minimum Gasteiger partial charge on any atom is -0.294 e. The summed E-state index contributed by atoms with van der Waals surface area (Å²) in [6.07, 6.45) is 7.50. The molecule has 0 aromatic heterocycles. The summed E-state index contributed by atoms with van der Waals surface area (Å²) in [6, 6.07) is 0. The molecule has 0 radical (unpaired) electrons. The van der Waals surface area contributed by atoms with Crippen LogP contribution >= 0.6 is 0 Å². The molecule has 1 fully saturated rings. The van der Waals surface area contributed by atoms with Gasteiger partial charge in [-0.3, -0.25) is 4.79 Å². The van der Waals surface area contributed by atoms with Gasteiger partial charge in [-0.25, -0.2) is 0 Å². The van der Waals surface area contributed by atoms with Crippen molar-refractivity contribution in [3.05, 3.63) is 12.2 Å². The molecular formula is C11H16O. The summed E-state index contributed by atoms with van der Waals surface area (Å²) in [5, 5.41) is 0. The van der Waals surface area contributed by atoms with E-state index in [2.05, 4.69) is 19.9 Å². The standard InChI is InChI=1S/C11H16O/c1-8-3-4-9-5-6-10(12)11(9,2)7-8/h5-6,8-9H,3-4,7H2,1-2H3/t8-,9+,11-/m0/s1. The van der Waals surface area contributed by atoms with Crippen molar-refractivity contribution in [2.45, 2.75) is 33.1 Å². The van der Waals surface area contributed by atoms with Crippen molar-refractivity contribution in [3.63, 3.8) is 0 Å². The summed E-state index contributed by atoms with van der Waals surface area (Å²) in [7, 11) is 0. The molecule has 0 aliphatic heterocycles. The third-order valence-electron chi connectivity index (χ3n) is 3.60. The van der Waals surface area contributed by atoms with Crippen molar-refractivity contribution in [1.82, 2.24) is 0 Å². The van der Waals surface area contributed by atoms with Gasteiger partial charge in [-0.15, -0.1) is 0 Å². The molecule has 3 atom stereocenters. The maximum Gasteiger partial charge on any atom is 0.161 e. The van der Waals surface area contributed by atoms with Gasteiger partial charge in [0.25, 0.3) is 0 Å². The van der Waals surface area contributed by atoms with Crippen LogP contribution in [-0.4, -0.2) is 5.78 Å². The molecule has 2 aliphatic carbocycles. The Morgan fingerprint density at radius 3 is 3.00 bits per heavy atom. The second kappa shape index (κ2) is 2.45. The van der Waals surface area contributed by atoms with Crippen LogP contribution in [0, 0.1) is 17.3 Å². The molecule has 1 saturated carbocycles. The number of carbonyl (C=O) groups excluding carboxylic acids is 1. The summed E-state index contributed by atoms with van der Waals surface area (Å²) < 4.78 is 0. The Hall–Kier alpha value is -0.590. The van der Waals surface area contributed by atoms with E-state index >= 15 is 0 Å². The molecule has 0 bridgehead atoms. The monoisotopic (exact) mass is 164 g/mol. The molecule has 0 heterocycles. The summed E-state index contributed by atoms with van der Waals surface area (Å²) in [5.41, 5.74) is -0.0301. The fraction of sp³-hybridized carbons (Fsp3) is 0.727. The lowest BCUT2D eigenvalue weighted by Gasteiger charge is -2.37. The largest absolute Gasteiger partial charge is 0.294 e. The molecule has 0 amide bonds. The zero-order valence-electron chi connectivity index (χ0n) is 7.84. The predicted molar refractivity (Wildman–Crippen MR) is 48.8 cm³/mol. The van der Waals surface area contributed by atoms with Gasteiger partial charge in [-0.1, -0.05) is 26.3 Å². The van der Waals surface area contributed by atoms with Crippen molar-refractivity contribution in [1.29, 1.82) is 0 Å². The van der Waals surface area contributed by atoms with Crippen molar-refractivity contribution in [2.24, 2.45) is 17.3 Å². The lowest BCUT2D eigenvalue weighted by Crippen LogP contribution is -2.35. The van der Waals surface area contributed by atoms with Gasteiger partial charge in [-0.05, 0) is 30.8 Å². The minimum atomic E-state index is -0.0301. The fourth-order valence-electron chi connectivity index (χ4n) is 2.75. The summed E-state index contributed by atoms with van der Waals surface area (Å²) >= 11 is 0. The topological polar surface area (TPSA) is 17.1 Å². The number of carbonyl (C=O) groups is 1. The zero-order valence-corrected chi connectivity index (χ0v) is 7.84. The molecule has 0 spiro atoms. The maximum atomic E-state index is 11.6. The number of hydrogen-bond donors (Lipinski definition) is 0. The summed E-state index contributed by atoms with van der Waals surface area (Å²) in [4.78, 5) is 11.6. The number of allylic oxidation sites excluding steroid dienone is 2. The van der Waals surface area contributed by atoms with E-state index in [9.17, 15) is 4.79 Å². The number of ketones is 1. The van der Waals surface area contributed by atoms with Crippen LogP contribution in [0.1, 0.15) is 33.1 Å². The number of fused-ring (bicyclic) bond motifs is 1.